The third-order valence-corrected chi connectivity index (χ3v) is 5.91. The van der Waals surface area contributed by atoms with Gasteiger partial charge >= 0.3 is 5.97 Å². The van der Waals surface area contributed by atoms with E-state index in [0.717, 1.165) is 22.6 Å². The summed E-state index contributed by atoms with van der Waals surface area (Å²) in [6, 6.07) is 24.8. The first-order chi connectivity index (χ1) is 14.6. The van der Waals surface area contributed by atoms with E-state index in [1.807, 2.05) is 31.2 Å². The molecule has 3 aromatic rings. The van der Waals surface area contributed by atoms with Gasteiger partial charge in [0, 0.05) is 10.6 Å². The zero-order chi connectivity index (χ0) is 21.3. The molecule has 0 atom stereocenters. The van der Waals surface area contributed by atoms with Gasteiger partial charge in [-0.15, -0.1) is 11.8 Å². The number of ether oxygens (including phenoxy) is 1. The molecule has 3 aromatic carbocycles. The molecule has 0 amide bonds. The molecule has 30 heavy (non-hydrogen) atoms. The van der Waals surface area contributed by atoms with Crippen molar-refractivity contribution in [1.82, 2.24) is 0 Å². The van der Waals surface area contributed by atoms with Crippen molar-refractivity contribution < 1.29 is 14.6 Å². The molecule has 0 bridgehead atoms. The van der Waals surface area contributed by atoms with Crippen molar-refractivity contribution in [1.29, 1.82) is 0 Å². The van der Waals surface area contributed by atoms with Crippen LogP contribution < -0.4 is 4.74 Å². The summed E-state index contributed by atoms with van der Waals surface area (Å²) in [4.78, 5) is 11.8. The molecule has 0 aliphatic rings. The van der Waals surface area contributed by atoms with Crippen LogP contribution in [-0.4, -0.2) is 23.4 Å². The van der Waals surface area contributed by atoms with Crippen molar-refractivity contribution in [2.45, 2.75) is 25.2 Å². The van der Waals surface area contributed by atoms with Gasteiger partial charge in [-0.25, -0.2) is 4.79 Å². The van der Waals surface area contributed by atoms with Crippen LogP contribution in [0, 0.1) is 6.92 Å². The van der Waals surface area contributed by atoms with Crippen LogP contribution in [0.3, 0.4) is 0 Å². The molecule has 3 nitrogen and oxygen atoms in total. The minimum absolute atomic E-state index is 0.327. The fourth-order valence-electron chi connectivity index (χ4n) is 3.33. The Morgan fingerprint density at radius 2 is 1.77 bits per heavy atom. The van der Waals surface area contributed by atoms with Crippen molar-refractivity contribution in [2.24, 2.45) is 0 Å². The zero-order valence-electron chi connectivity index (χ0n) is 17.3. The Labute approximate surface area is 182 Å². The van der Waals surface area contributed by atoms with Gasteiger partial charge in [0.1, 0.15) is 5.75 Å². The number of aryl methyl sites for hydroxylation is 2. The first-order valence-corrected chi connectivity index (χ1v) is 11.0. The van der Waals surface area contributed by atoms with Crippen LogP contribution in [0.5, 0.6) is 5.75 Å². The molecular formula is C26H26O3S. The summed E-state index contributed by atoms with van der Waals surface area (Å²) in [5.41, 5.74) is 6.16. The number of aliphatic carboxylic acids is 1. The third kappa shape index (κ3) is 5.77. The topological polar surface area (TPSA) is 46.5 Å². The summed E-state index contributed by atoms with van der Waals surface area (Å²) < 4.78 is 5.27. The smallest absolute Gasteiger partial charge is 0.341 e. The van der Waals surface area contributed by atoms with E-state index in [2.05, 4.69) is 61.5 Å². The maximum atomic E-state index is 10.7. The Morgan fingerprint density at radius 1 is 1.03 bits per heavy atom. The van der Waals surface area contributed by atoms with Gasteiger partial charge in [0.25, 0.3) is 0 Å². The van der Waals surface area contributed by atoms with Crippen LogP contribution in [0.4, 0.5) is 0 Å². The number of carboxylic acid groups (broad SMARTS) is 1. The molecule has 0 aromatic heterocycles. The molecular weight excluding hydrogens is 392 g/mol. The minimum Gasteiger partial charge on any atom is -0.482 e. The second-order valence-electron chi connectivity index (χ2n) is 6.92. The first-order valence-electron chi connectivity index (χ1n) is 10.0. The van der Waals surface area contributed by atoms with Gasteiger partial charge < -0.3 is 9.84 Å². The molecule has 0 spiro atoms. The molecule has 0 radical (unpaired) electrons. The number of thioether (sulfide) groups is 1. The highest BCUT2D eigenvalue weighted by molar-refractivity contribution is 7.99. The van der Waals surface area contributed by atoms with Gasteiger partial charge in [0.05, 0.1) is 0 Å². The number of hydrogen-bond donors (Lipinski definition) is 1. The first kappa shape index (κ1) is 21.7. The second kappa shape index (κ2) is 10.7. The Hall–Kier alpha value is -2.98. The van der Waals surface area contributed by atoms with Crippen LogP contribution in [0.2, 0.25) is 0 Å². The largest absolute Gasteiger partial charge is 0.482 e. The normalized spacial score (nSPS) is 11.3. The van der Waals surface area contributed by atoms with Gasteiger partial charge in [0.15, 0.2) is 6.61 Å². The molecule has 4 heteroatoms. The number of hydrogen-bond acceptors (Lipinski definition) is 3. The van der Waals surface area contributed by atoms with Crippen molar-refractivity contribution in [3.63, 3.8) is 0 Å². The lowest BCUT2D eigenvalue weighted by Crippen LogP contribution is -2.09. The van der Waals surface area contributed by atoms with Gasteiger partial charge in [-0.3, -0.25) is 0 Å². The maximum absolute atomic E-state index is 10.7. The van der Waals surface area contributed by atoms with Crippen LogP contribution in [0.25, 0.3) is 5.57 Å². The molecule has 154 valence electrons. The van der Waals surface area contributed by atoms with Gasteiger partial charge in [-0.2, -0.15) is 0 Å². The van der Waals surface area contributed by atoms with Gasteiger partial charge in [-0.1, -0.05) is 67.6 Å². The van der Waals surface area contributed by atoms with E-state index in [-0.39, 0.29) is 6.61 Å². The maximum Gasteiger partial charge on any atom is 0.341 e. The highest BCUT2D eigenvalue weighted by Gasteiger charge is 2.09. The number of carboxylic acids is 1. The van der Waals surface area contributed by atoms with E-state index in [4.69, 9.17) is 9.84 Å². The molecule has 0 saturated heterocycles. The lowest BCUT2D eigenvalue weighted by atomic mass is 9.93. The number of rotatable bonds is 9. The molecule has 0 fully saturated rings. The van der Waals surface area contributed by atoms with Gasteiger partial charge in [0.2, 0.25) is 0 Å². The van der Waals surface area contributed by atoms with Crippen molar-refractivity contribution in [3.05, 3.63) is 101 Å². The van der Waals surface area contributed by atoms with E-state index in [1.165, 1.54) is 22.3 Å². The number of carbonyl (C=O) groups is 1. The Kier molecular flexibility index (Phi) is 7.75. The molecule has 0 unspecified atom stereocenters. The van der Waals surface area contributed by atoms with E-state index in [0.29, 0.717) is 5.75 Å². The predicted molar refractivity (Wildman–Crippen MR) is 124 cm³/mol. The summed E-state index contributed by atoms with van der Waals surface area (Å²) in [5, 5.41) is 8.76. The highest BCUT2D eigenvalue weighted by atomic mass is 32.2. The standard InChI is InChI=1S/C26H26O3S/c1-3-20-9-7-8-12-23(20)24(21-10-5-4-6-11-21)15-16-30-25-14-13-22(17-19(25)2)29-18-26(27)28/h4-15,17H,3,16,18H2,1-2H3,(H,27,28). The van der Waals surface area contributed by atoms with E-state index < -0.39 is 5.97 Å². The van der Waals surface area contributed by atoms with Crippen molar-refractivity contribution >= 4 is 23.3 Å². The van der Waals surface area contributed by atoms with Crippen LogP contribution >= 0.6 is 11.8 Å². The summed E-state index contributed by atoms with van der Waals surface area (Å²) >= 11 is 1.76. The lowest BCUT2D eigenvalue weighted by Gasteiger charge is -2.13. The van der Waals surface area contributed by atoms with Gasteiger partial charge in [-0.05, 0) is 59.4 Å². The summed E-state index contributed by atoms with van der Waals surface area (Å²) in [5.74, 6) is 0.437. The highest BCUT2D eigenvalue weighted by Crippen LogP contribution is 2.30. The van der Waals surface area contributed by atoms with Crippen LogP contribution in [0.1, 0.15) is 29.2 Å². The quantitative estimate of drug-likeness (QED) is 0.418. The fraction of sp³-hybridized carbons (Fsp3) is 0.192. The van der Waals surface area contributed by atoms with E-state index in [9.17, 15) is 4.79 Å². The monoisotopic (exact) mass is 418 g/mol. The predicted octanol–water partition coefficient (Wildman–Crippen LogP) is 6.24. The molecule has 0 saturated carbocycles. The van der Waals surface area contributed by atoms with Crippen LogP contribution in [0.15, 0.2) is 83.8 Å². The second-order valence-corrected chi connectivity index (χ2v) is 7.98. The number of benzene rings is 3. The SMILES string of the molecule is CCc1ccccc1C(=CCSc1ccc(OCC(=O)O)cc1C)c1ccccc1. The Bertz CT molecular complexity index is 1030. The zero-order valence-corrected chi connectivity index (χ0v) is 18.1. The molecule has 0 aliphatic heterocycles. The van der Waals surface area contributed by atoms with Crippen molar-refractivity contribution in [2.75, 3.05) is 12.4 Å². The minimum atomic E-state index is -0.975. The average molecular weight is 419 g/mol. The Morgan fingerprint density at radius 3 is 2.47 bits per heavy atom. The average Bonchev–Trinajstić information content (AvgIpc) is 2.77. The van der Waals surface area contributed by atoms with Crippen molar-refractivity contribution in [3.8, 4) is 5.75 Å². The van der Waals surface area contributed by atoms with E-state index in [1.54, 1.807) is 11.8 Å². The third-order valence-electron chi connectivity index (χ3n) is 4.81. The van der Waals surface area contributed by atoms with E-state index >= 15 is 0 Å². The summed E-state index contributed by atoms with van der Waals surface area (Å²) in [6.45, 7) is 3.88. The fourth-order valence-corrected chi connectivity index (χ4v) is 4.21. The summed E-state index contributed by atoms with van der Waals surface area (Å²) in [7, 11) is 0. The lowest BCUT2D eigenvalue weighted by molar-refractivity contribution is -0.139. The van der Waals surface area contributed by atoms with Crippen LogP contribution in [-0.2, 0) is 11.2 Å². The summed E-state index contributed by atoms with van der Waals surface area (Å²) in [6.07, 6.45) is 3.28. The Balaban J connectivity index is 1.81. The molecule has 0 heterocycles. The molecule has 0 aliphatic carbocycles. The molecule has 3 rings (SSSR count). The molecule has 1 N–H and O–H groups in total.